The number of alkyl halides is 2. The van der Waals surface area contributed by atoms with Crippen LogP contribution in [0.2, 0.25) is 0 Å². The highest BCUT2D eigenvalue weighted by Gasteiger charge is 2.51. The zero-order valence-corrected chi connectivity index (χ0v) is 34.5. The molecule has 6 atom stereocenters. The van der Waals surface area contributed by atoms with E-state index in [2.05, 4.69) is 17.2 Å². The summed E-state index contributed by atoms with van der Waals surface area (Å²) in [6, 6.07) is 2.70. The Morgan fingerprint density at radius 2 is 1.86 bits per heavy atom. The molecular formula is C40H54F2N6O9S. The first kappa shape index (κ1) is 43.0. The molecule has 0 spiro atoms. The highest BCUT2D eigenvalue weighted by atomic mass is 32.2. The van der Waals surface area contributed by atoms with E-state index in [9.17, 15) is 36.4 Å². The number of hydrogen-bond acceptors (Lipinski definition) is 11. The molecule has 1 aromatic heterocycles. The summed E-state index contributed by atoms with van der Waals surface area (Å²) < 4.78 is 72.0. The number of nitrogens with zero attached hydrogens (tertiary/aromatic N) is 3. The Balaban J connectivity index is 1.27. The Morgan fingerprint density at radius 3 is 2.53 bits per heavy atom. The Hall–Kier alpha value is -4.61. The molecule has 58 heavy (non-hydrogen) atoms. The monoisotopic (exact) mass is 832 g/mol. The van der Waals surface area contributed by atoms with Crippen LogP contribution in [-0.2, 0) is 35.6 Å². The average Bonchev–Trinajstić information content (AvgIpc) is 4.06. The summed E-state index contributed by atoms with van der Waals surface area (Å²) in [7, 11) is -2.42. The number of aromatic nitrogens is 2. The molecule has 4 amide bonds. The van der Waals surface area contributed by atoms with E-state index < -0.39 is 93.9 Å². The Labute approximate surface area is 337 Å². The third-order valence-electron chi connectivity index (χ3n) is 11.6. The standard InChI is InChI=1S/C40H54F2N6O9S/c1-22-30-21-48(32(22)35(50)43-20-24(34(41)42)12-15-31(49)47-58(53,54)40(5)16-17-40)37(51)33(39(2,3)4)46-38(52)57-29-18-23(29)10-8-7-9-11-27-36(56-30)45-28-19-25(55-6)13-14-26(28)44-27/h13-14,19,23-24,29-30,32-34H,1,7-12,15-18,20-21H2,2-6H3,(H,43,50)(H,46,52)(H,47,49)/t23-,24-,29-,30+,32+,33-/m1/s1. The lowest BCUT2D eigenvalue weighted by Crippen LogP contribution is -2.58. The largest absolute Gasteiger partial charge is 0.497 e. The number of halogens is 2. The van der Waals surface area contributed by atoms with Crippen molar-refractivity contribution in [3.05, 3.63) is 36.0 Å². The molecule has 0 unspecified atom stereocenters. The fourth-order valence-electron chi connectivity index (χ4n) is 7.37. The van der Waals surface area contributed by atoms with Crippen molar-refractivity contribution in [2.24, 2.45) is 17.3 Å². The van der Waals surface area contributed by atoms with E-state index in [0.717, 1.165) is 32.1 Å². The summed E-state index contributed by atoms with van der Waals surface area (Å²) in [5.41, 5.74) is 0.963. The van der Waals surface area contributed by atoms with Crippen LogP contribution < -0.4 is 24.8 Å². The van der Waals surface area contributed by atoms with Gasteiger partial charge in [0.1, 0.15) is 35.7 Å². The first-order valence-corrected chi connectivity index (χ1v) is 21.4. The number of amides is 4. The highest BCUT2D eigenvalue weighted by Crippen LogP contribution is 2.42. The molecule has 2 aromatic rings. The number of carbonyl (C=O) groups is 4. The molecule has 3 heterocycles. The van der Waals surface area contributed by atoms with Crippen molar-refractivity contribution in [2.45, 2.75) is 127 Å². The van der Waals surface area contributed by atoms with Crippen molar-refractivity contribution < 1.29 is 50.6 Å². The molecule has 0 radical (unpaired) electrons. The summed E-state index contributed by atoms with van der Waals surface area (Å²) in [6.07, 6.45) is -0.494. The number of nitrogens with one attached hydrogen (secondary N) is 3. The van der Waals surface area contributed by atoms with Gasteiger partial charge in [0, 0.05) is 24.9 Å². The van der Waals surface area contributed by atoms with Gasteiger partial charge in [-0.05, 0) is 80.9 Å². The van der Waals surface area contributed by atoms with Crippen molar-refractivity contribution in [2.75, 3.05) is 20.2 Å². The number of alkyl carbamates (subject to hydrolysis) is 1. The summed E-state index contributed by atoms with van der Waals surface area (Å²) in [5, 5.41) is 5.24. The van der Waals surface area contributed by atoms with Crippen LogP contribution in [0.1, 0.15) is 91.2 Å². The zero-order valence-electron chi connectivity index (χ0n) is 33.6. The molecule has 1 aromatic carbocycles. The molecule has 2 aliphatic carbocycles. The topological polar surface area (TPSA) is 195 Å². The average molecular weight is 833 g/mol. The van der Waals surface area contributed by atoms with Gasteiger partial charge in [0.25, 0.3) is 0 Å². The molecule has 3 fully saturated rings. The predicted octanol–water partition coefficient (Wildman–Crippen LogP) is 4.57. The van der Waals surface area contributed by atoms with Gasteiger partial charge < -0.3 is 29.7 Å². The van der Waals surface area contributed by atoms with Crippen LogP contribution in [-0.4, -0.2) is 103 Å². The van der Waals surface area contributed by atoms with E-state index >= 15 is 0 Å². The minimum Gasteiger partial charge on any atom is -0.497 e. The summed E-state index contributed by atoms with van der Waals surface area (Å²) in [4.78, 5) is 65.2. The molecule has 6 rings (SSSR count). The number of rotatable bonds is 10. The maximum absolute atomic E-state index is 14.6. The highest BCUT2D eigenvalue weighted by molar-refractivity contribution is 7.91. The second kappa shape index (κ2) is 16.9. The fourth-order valence-corrected chi connectivity index (χ4v) is 8.66. The quantitative estimate of drug-likeness (QED) is 0.284. The third-order valence-corrected chi connectivity index (χ3v) is 13.8. The Bertz CT molecular complexity index is 2040. The van der Waals surface area contributed by atoms with Crippen LogP contribution in [0.25, 0.3) is 11.0 Å². The number of hydrogen-bond donors (Lipinski definition) is 3. The number of aryl methyl sites for hydroxylation is 1. The van der Waals surface area contributed by atoms with Gasteiger partial charge in [0.05, 0.1) is 29.4 Å². The third kappa shape index (κ3) is 9.80. The summed E-state index contributed by atoms with van der Waals surface area (Å²) in [5.74, 6) is -2.97. The fraction of sp³-hybridized carbons (Fsp3) is 0.650. The molecule has 18 heteroatoms. The van der Waals surface area contributed by atoms with Crippen LogP contribution >= 0.6 is 0 Å². The minimum atomic E-state index is -3.95. The van der Waals surface area contributed by atoms with Crippen molar-refractivity contribution in [1.82, 2.24) is 30.2 Å². The number of ether oxygens (including phenoxy) is 3. The van der Waals surface area contributed by atoms with Crippen LogP contribution in [0.3, 0.4) is 0 Å². The van der Waals surface area contributed by atoms with E-state index in [-0.39, 0.29) is 30.0 Å². The van der Waals surface area contributed by atoms with E-state index in [1.807, 2.05) is 4.72 Å². The zero-order chi connectivity index (χ0) is 42.2. The lowest BCUT2D eigenvalue weighted by atomic mass is 9.85. The number of fused-ring (bicyclic) bond motifs is 5. The van der Waals surface area contributed by atoms with Crippen LogP contribution in [0.4, 0.5) is 13.6 Å². The van der Waals surface area contributed by atoms with Gasteiger partial charge in [0.2, 0.25) is 40.1 Å². The number of methoxy groups -OCH3 is 1. The van der Waals surface area contributed by atoms with Crippen molar-refractivity contribution in [1.29, 1.82) is 0 Å². The minimum absolute atomic E-state index is 0.144. The van der Waals surface area contributed by atoms with E-state index in [4.69, 9.17) is 24.2 Å². The second-order valence-corrected chi connectivity index (χ2v) is 19.4. The maximum atomic E-state index is 14.6. The molecule has 318 valence electrons. The lowest BCUT2D eigenvalue weighted by Gasteiger charge is -2.35. The van der Waals surface area contributed by atoms with Crippen LogP contribution in [0, 0.1) is 17.3 Å². The molecule has 1 saturated heterocycles. The number of carbonyl (C=O) groups excluding carboxylic acids is 4. The van der Waals surface area contributed by atoms with Crippen molar-refractivity contribution in [3.63, 3.8) is 0 Å². The summed E-state index contributed by atoms with van der Waals surface area (Å²) >= 11 is 0. The van der Waals surface area contributed by atoms with E-state index in [1.54, 1.807) is 39.0 Å². The van der Waals surface area contributed by atoms with Gasteiger partial charge in [-0.25, -0.2) is 32.0 Å². The molecule has 4 aliphatic rings. The van der Waals surface area contributed by atoms with Crippen molar-refractivity contribution in [3.8, 4) is 11.6 Å². The summed E-state index contributed by atoms with van der Waals surface area (Å²) in [6.45, 7) is 10.1. The van der Waals surface area contributed by atoms with Gasteiger partial charge in [-0.3, -0.25) is 19.1 Å². The van der Waals surface area contributed by atoms with Crippen molar-refractivity contribution >= 4 is 44.9 Å². The molecule has 2 bridgehead atoms. The molecule has 15 nitrogen and oxygen atoms in total. The maximum Gasteiger partial charge on any atom is 0.408 e. The second-order valence-electron chi connectivity index (χ2n) is 17.2. The smallest absolute Gasteiger partial charge is 0.408 e. The van der Waals surface area contributed by atoms with Crippen LogP contribution in [0.5, 0.6) is 11.6 Å². The SMILES string of the molecule is C=C1[C@@H](C(=O)NC[C@@H](CCC(=O)NS(=O)(=O)C2(C)CC2)C(F)F)N2C[C@@H]1Oc1nc3cc(OC)ccc3nc1CCCCC[C@@H]1C[C@H]1OC(=O)N[C@@H](C(C)(C)C)C2=O. The van der Waals surface area contributed by atoms with Crippen LogP contribution in [0.15, 0.2) is 30.4 Å². The van der Waals surface area contributed by atoms with Gasteiger partial charge >= 0.3 is 6.09 Å². The van der Waals surface area contributed by atoms with E-state index in [0.29, 0.717) is 41.7 Å². The first-order chi connectivity index (χ1) is 27.3. The first-order valence-electron chi connectivity index (χ1n) is 19.9. The Morgan fingerprint density at radius 1 is 1.12 bits per heavy atom. The normalized spacial score (nSPS) is 25.6. The van der Waals surface area contributed by atoms with Gasteiger partial charge in [-0.15, -0.1) is 0 Å². The van der Waals surface area contributed by atoms with E-state index in [1.165, 1.54) is 18.9 Å². The number of sulfonamides is 1. The molecule has 3 N–H and O–H groups in total. The molecule has 2 saturated carbocycles. The number of benzene rings is 1. The van der Waals surface area contributed by atoms with Gasteiger partial charge in [-0.2, -0.15) is 0 Å². The molecular weight excluding hydrogens is 779 g/mol. The predicted molar refractivity (Wildman–Crippen MR) is 209 cm³/mol. The lowest BCUT2D eigenvalue weighted by molar-refractivity contribution is -0.141. The van der Waals surface area contributed by atoms with Gasteiger partial charge in [-0.1, -0.05) is 40.2 Å². The molecule has 2 aliphatic heterocycles. The van der Waals surface area contributed by atoms with Gasteiger partial charge in [0.15, 0.2) is 0 Å². The Kier molecular flexibility index (Phi) is 12.5.